The lowest BCUT2D eigenvalue weighted by atomic mass is 10.0. The van der Waals surface area contributed by atoms with Gasteiger partial charge in [-0.15, -0.1) is 10.2 Å². The van der Waals surface area contributed by atoms with Gasteiger partial charge in [-0.25, -0.2) is 4.39 Å². The summed E-state index contributed by atoms with van der Waals surface area (Å²) >= 11 is 0. The molecule has 1 aliphatic rings. The predicted molar refractivity (Wildman–Crippen MR) is 129 cm³/mol. The fourth-order valence-corrected chi connectivity index (χ4v) is 4.25. The first-order chi connectivity index (χ1) is 16.3. The molecule has 2 amide bonds. The zero-order valence-corrected chi connectivity index (χ0v) is 19.8. The van der Waals surface area contributed by atoms with Crippen LogP contribution in [0.25, 0.3) is 11.4 Å². The summed E-state index contributed by atoms with van der Waals surface area (Å²) in [6, 6.07) is 10.9. The van der Waals surface area contributed by atoms with E-state index >= 15 is 0 Å². The van der Waals surface area contributed by atoms with E-state index in [0.717, 1.165) is 43.6 Å². The van der Waals surface area contributed by atoms with Crippen LogP contribution in [0.1, 0.15) is 54.9 Å². The smallest absolute Gasteiger partial charge is 0.252 e. The largest absolute Gasteiger partial charge is 0.340 e. The molecule has 1 unspecified atom stereocenters. The van der Waals surface area contributed by atoms with Crippen molar-refractivity contribution in [1.29, 1.82) is 0 Å². The predicted octanol–water partition coefficient (Wildman–Crippen LogP) is 4.51. The van der Waals surface area contributed by atoms with E-state index in [9.17, 15) is 14.0 Å². The summed E-state index contributed by atoms with van der Waals surface area (Å²) in [7, 11) is 0. The second-order valence-corrected chi connectivity index (χ2v) is 9.10. The number of nitrogens with zero attached hydrogens (tertiary/aromatic N) is 3. The van der Waals surface area contributed by atoms with Crippen molar-refractivity contribution in [1.82, 2.24) is 20.1 Å². The maximum atomic E-state index is 14.7. The molecule has 0 saturated carbocycles. The number of aryl methyl sites for hydroxylation is 2. The number of fused-ring (bicyclic) bond motifs is 1. The standard InChI is InChI=1S/C26H30FN5O2/c1-16(2)23(29-25(33)19-10-7-6-9-17(19)3)26(34)28-21-15-18(12-13-20(21)27)24-31-30-22-11-5-4-8-14-32(22)24/h6-7,9-10,12-13,15-16,23H,4-5,8,11,14H2,1-3H3,(H,28,34)(H,29,33). The molecule has 34 heavy (non-hydrogen) atoms. The average Bonchev–Trinajstić information content (AvgIpc) is 3.06. The number of benzene rings is 2. The molecule has 0 fully saturated rings. The Hall–Kier alpha value is -3.55. The van der Waals surface area contributed by atoms with Crippen LogP contribution < -0.4 is 10.6 Å². The molecular formula is C26H30FN5O2. The first kappa shape index (κ1) is 23.6. The Balaban J connectivity index is 1.55. The third-order valence-electron chi connectivity index (χ3n) is 6.22. The molecule has 8 heteroatoms. The molecule has 4 rings (SSSR count). The van der Waals surface area contributed by atoms with Crippen molar-refractivity contribution in [3.05, 3.63) is 65.2 Å². The van der Waals surface area contributed by atoms with Crippen molar-refractivity contribution in [3.8, 4) is 11.4 Å². The van der Waals surface area contributed by atoms with Crippen molar-refractivity contribution < 1.29 is 14.0 Å². The lowest BCUT2D eigenvalue weighted by Crippen LogP contribution is -2.47. The van der Waals surface area contributed by atoms with E-state index in [4.69, 9.17) is 0 Å². The average molecular weight is 464 g/mol. The van der Waals surface area contributed by atoms with Crippen LogP contribution in [-0.4, -0.2) is 32.6 Å². The quantitative estimate of drug-likeness (QED) is 0.563. The lowest BCUT2D eigenvalue weighted by molar-refractivity contribution is -0.118. The zero-order chi connectivity index (χ0) is 24.2. The maximum absolute atomic E-state index is 14.7. The van der Waals surface area contributed by atoms with Gasteiger partial charge in [-0.05, 0) is 55.5 Å². The number of halogens is 1. The summed E-state index contributed by atoms with van der Waals surface area (Å²) in [5.74, 6) is 0.0224. The molecule has 2 N–H and O–H groups in total. The molecule has 1 aromatic heterocycles. The summed E-state index contributed by atoms with van der Waals surface area (Å²) in [5, 5.41) is 14.1. The van der Waals surface area contributed by atoms with Crippen LogP contribution in [0.2, 0.25) is 0 Å². The number of anilines is 1. The number of carbonyl (C=O) groups is 2. The van der Waals surface area contributed by atoms with Crippen LogP contribution >= 0.6 is 0 Å². The molecule has 0 aliphatic carbocycles. The van der Waals surface area contributed by atoms with Gasteiger partial charge in [0.1, 0.15) is 17.7 Å². The highest BCUT2D eigenvalue weighted by atomic mass is 19.1. The third-order valence-corrected chi connectivity index (χ3v) is 6.22. The van der Waals surface area contributed by atoms with Crippen molar-refractivity contribution in [3.63, 3.8) is 0 Å². The van der Waals surface area contributed by atoms with Gasteiger partial charge in [0.25, 0.3) is 5.91 Å². The normalized spacial score (nSPS) is 14.3. The lowest BCUT2D eigenvalue weighted by Gasteiger charge is -2.22. The van der Waals surface area contributed by atoms with Crippen LogP contribution in [0.3, 0.4) is 0 Å². The van der Waals surface area contributed by atoms with Crippen LogP contribution in [0.5, 0.6) is 0 Å². The van der Waals surface area contributed by atoms with Gasteiger partial charge in [0.2, 0.25) is 5.91 Å². The first-order valence-electron chi connectivity index (χ1n) is 11.7. The molecule has 0 bridgehead atoms. The fraction of sp³-hybridized carbons (Fsp3) is 0.385. The number of carbonyl (C=O) groups excluding carboxylic acids is 2. The number of hydrogen-bond acceptors (Lipinski definition) is 4. The second-order valence-electron chi connectivity index (χ2n) is 9.10. The summed E-state index contributed by atoms with van der Waals surface area (Å²) in [5.41, 5.74) is 2.04. The van der Waals surface area contributed by atoms with Gasteiger partial charge in [0, 0.05) is 24.1 Å². The Morgan fingerprint density at radius 2 is 1.85 bits per heavy atom. The number of hydrogen-bond donors (Lipinski definition) is 2. The van der Waals surface area contributed by atoms with Crippen molar-refractivity contribution >= 4 is 17.5 Å². The van der Waals surface area contributed by atoms with Crippen molar-refractivity contribution in [2.75, 3.05) is 5.32 Å². The zero-order valence-electron chi connectivity index (χ0n) is 19.8. The number of aromatic nitrogens is 3. The molecule has 2 heterocycles. The molecule has 3 aromatic rings. The minimum Gasteiger partial charge on any atom is -0.340 e. The molecule has 1 atom stereocenters. The molecule has 7 nitrogen and oxygen atoms in total. The molecule has 0 spiro atoms. The van der Waals surface area contributed by atoms with E-state index in [1.165, 1.54) is 6.07 Å². The molecule has 2 aromatic carbocycles. The van der Waals surface area contributed by atoms with Gasteiger partial charge < -0.3 is 15.2 Å². The van der Waals surface area contributed by atoms with E-state index in [0.29, 0.717) is 17.0 Å². The van der Waals surface area contributed by atoms with Gasteiger partial charge >= 0.3 is 0 Å². The minimum absolute atomic E-state index is 0.0456. The number of amides is 2. The number of nitrogens with one attached hydrogen (secondary N) is 2. The van der Waals surface area contributed by atoms with Gasteiger partial charge in [0.15, 0.2) is 5.82 Å². The van der Waals surface area contributed by atoms with Gasteiger partial charge in [0.05, 0.1) is 5.69 Å². The molecule has 0 saturated heterocycles. The van der Waals surface area contributed by atoms with E-state index in [1.807, 2.05) is 32.9 Å². The second kappa shape index (κ2) is 10.2. The van der Waals surface area contributed by atoms with E-state index in [-0.39, 0.29) is 17.5 Å². The Morgan fingerprint density at radius 3 is 2.62 bits per heavy atom. The molecular weight excluding hydrogens is 433 g/mol. The number of rotatable bonds is 6. The molecule has 178 valence electrons. The summed E-state index contributed by atoms with van der Waals surface area (Å²) in [6.45, 7) is 6.32. The van der Waals surface area contributed by atoms with Gasteiger partial charge in [-0.1, -0.05) is 38.5 Å². The van der Waals surface area contributed by atoms with Gasteiger partial charge in [-0.3, -0.25) is 9.59 Å². The highest BCUT2D eigenvalue weighted by molar-refractivity contribution is 6.02. The monoisotopic (exact) mass is 463 g/mol. The Kier molecular flexibility index (Phi) is 7.05. The Bertz CT molecular complexity index is 1200. The first-order valence-corrected chi connectivity index (χ1v) is 11.7. The van der Waals surface area contributed by atoms with Gasteiger partial charge in [-0.2, -0.15) is 0 Å². The Labute approximate surface area is 198 Å². The highest BCUT2D eigenvalue weighted by Gasteiger charge is 2.26. The van der Waals surface area contributed by atoms with E-state index < -0.39 is 17.8 Å². The highest BCUT2D eigenvalue weighted by Crippen LogP contribution is 2.27. The van der Waals surface area contributed by atoms with Crippen molar-refractivity contribution in [2.45, 2.75) is 59.0 Å². The minimum atomic E-state index is -0.834. The third kappa shape index (κ3) is 5.00. The van der Waals surface area contributed by atoms with E-state index in [1.54, 1.807) is 24.3 Å². The Morgan fingerprint density at radius 1 is 1.06 bits per heavy atom. The van der Waals surface area contributed by atoms with Crippen LogP contribution in [0.4, 0.5) is 10.1 Å². The topological polar surface area (TPSA) is 88.9 Å². The van der Waals surface area contributed by atoms with E-state index in [2.05, 4.69) is 25.4 Å². The molecule has 1 aliphatic heterocycles. The maximum Gasteiger partial charge on any atom is 0.252 e. The summed E-state index contributed by atoms with van der Waals surface area (Å²) in [6.07, 6.45) is 4.12. The fourth-order valence-electron chi connectivity index (χ4n) is 4.25. The van der Waals surface area contributed by atoms with Crippen LogP contribution in [0, 0.1) is 18.7 Å². The SMILES string of the molecule is Cc1ccccc1C(=O)NC(C(=O)Nc1cc(-c2nnc3n2CCCCC3)ccc1F)C(C)C. The summed E-state index contributed by atoms with van der Waals surface area (Å²) < 4.78 is 16.8. The van der Waals surface area contributed by atoms with Crippen LogP contribution in [0.15, 0.2) is 42.5 Å². The summed E-state index contributed by atoms with van der Waals surface area (Å²) in [4.78, 5) is 25.9. The molecule has 0 radical (unpaired) electrons. The van der Waals surface area contributed by atoms with Crippen LogP contribution in [-0.2, 0) is 17.8 Å². The van der Waals surface area contributed by atoms with Crippen molar-refractivity contribution in [2.24, 2.45) is 5.92 Å².